The number of aromatic nitrogens is 2. The van der Waals surface area contributed by atoms with E-state index in [2.05, 4.69) is 15.3 Å². The number of nitrogens with zero attached hydrogens (tertiary/aromatic N) is 1. The molecule has 6 nitrogen and oxygen atoms in total. The molecule has 3 aromatic rings. The third kappa shape index (κ3) is 4.23. The van der Waals surface area contributed by atoms with Gasteiger partial charge in [0, 0.05) is 30.4 Å². The third-order valence-corrected chi connectivity index (χ3v) is 4.02. The SMILES string of the molecule is N[C@H](C(=O)NCCc1cnc(-c2ccccc2)c(=O)[nH]1)c1ccccc1. The highest BCUT2D eigenvalue weighted by molar-refractivity contribution is 5.82. The largest absolute Gasteiger partial charge is 0.354 e. The Balaban J connectivity index is 1.58. The van der Waals surface area contributed by atoms with E-state index in [9.17, 15) is 9.59 Å². The van der Waals surface area contributed by atoms with Crippen molar-refractivity contribution in [3.8, 4) is 11.3 Å². The summed E-state index contributed by atoms with van der Waals surface area (Å²) in [6.45, 7) is 0.363. The Morgan fingerprint density at radius 2 is 1.73 bits per heavy atom. The first-order chi connectivity index (χ1) is 12.6. The second-order valence-electron chi connectivity index (χ2n) is 5.88. The van der Waals surface area contributed by atoms with Gasteiger partial charge in [-0.2, -0.15) is 0 Å². The molecule has 1 aromatic heterocycles. The van der Waals surface area contributed by atoms with Gasteiger partial charge in [0.15, 0.2) is 0 Å². The van der Waals surface area contributed by atoms with Crippen LogP contribution < -0.4 is 16.6 Å². The number of hydrogen-bond acceptors (Lipinski definition) is 4. The smallest absolute Gasteiger partial charge is 0.274 e. The van der Waals surface area contributed by atoms with Crippen LogP contribution in [0, 0.1) is 0 Å². The molecule has 132 valence electrons. The van der Waals surface area contributed by atoms with Gasteiger partial charge in [-0.05, 0) is 5.56 Å². The van der Waals surface area contributed by atoms with Gasteiger partial charge in [-0.25, -0.2) is 4.98 Å². The number of nitrogens with two attached hydrogens (primary N) is 1. The standard InChI is InChI=1S/C20H20N4O2/c21-17(14-7-3-1-4-8-14)19(25)22-12-11-16-13-23-18(20(26)24-16)15-9-5-2-6-10-15/h1-10,13,17H,11-12,21H2,(H,22,25)(H,24,26)/t17-/m0/s1. The monoisotopic (exact) mass is 348 g/mol. The quantitative estimate of drug-likeness (QED) is 0.632. The number of H-pyrrole nitrogens is 1. The van der Waals surface area contributed by atoms with E-state index in [0.29, 0.717) is 24.4 Å². The molecule has 3 rings (SSSR count). The predicted molar refractivity (Wildman–Crippen MR) is 100 cm³/mol. The topological polar surface area (TPSA) is 101 Å². The van der Waals surface area contributed by atoms with E-state index in [-0.39, 0.29) is 11.5 Å². The molecular weight excluding hydrogens is 328 g/mol. The summed E-state index contributed by atoms with van der Waals surface area (Å²) in [4.78, 5) is 31.4. The summed E-state index contributed by atoms with van der Waals surface area (Å²) in [5.41, 5.74) is 8.25. The highest BCUT2D eigenvalue weighted by Crippen LogP contribution is 2.11. The molecule has 0 aliphatic carbocycles. The van der Waals surface area contributed by atoms with Crippen molar-refractivity contribution in [2.24, 2.45) is 5.73 Å². The van der Waals surface area contributed by atoms with E-state index >= 15 is 0 Å². The fourth-order valence-corrected chi connectivity index (χ4v) is 2.61. The van der Waals surface area contributed by atoms with Gasteiger partial charge in [0.2, 0.25) is 5.91 Å². The lowest BCUT2D eigenvalue weighted by Crippen LogP contribution is -2.35. The molecule has 2 aromatic carbocycles. The molecule has 0 bridgehead atoms. The van der Waals surface area contributed by atoms with E-state index in [1.165, 1.54) is 0 Å². The van der Waals surface area contributed by atoms with Crippen molar-refractivity contribution in [3.05, 3.63) is 88.5 Å². The van der Waals surface area contributed by atoms with Gasteiger partial charge in [-0.3, -0.25) is 9.59 Å². The van der Waals surface area contributed by atoms with Crippen LogP contribution in [0.4, 0.5) is 0 Å². The Morgan fingerprint density at radius 1 is 1.08 bits per heavy atom. The van der Waals surface area contributed by atoms with Crippen LogP contribution in [-0.2, 0) is 11.2 Å². The van der Waals surface area contributed by atoms with Crippen molar-refractivity contribution >= 4 is 5.91 Å². The highest BCUT2D eigenvalue weighted by atomic mass is 16.2. The van der Waals surface area contributed by atoms with Crippen LogP contribution in [0.3, 0.4) is 0 Å². The zero-order valence-corrected chi connectivity index (χ0v) is 14.2. The number of benzene rings is 2. The molecule has 0 radical (unpaired) electrons. The molecule has 0 fully saturated rings. The van der Waals surface area contributed by atoms with Crippen molar-refractivity contribution in [1.82, 2.24) is 15.3 Å². The van der Waals surface area contributed by atoms with E-state index in [4.69, 9.17) is 5.73 Å². The van der Waals surface area contributed by atoms with Gasteiger partial charge in [0.05, 0.1) is 0 Å². The van der Waals surface area contributed by atoms with Crippen LogP contribution in [0.5, 0.6) is 0 Å². The van der Waals surface area contributed by atoms with Crippen molar-refractivity contribution in [3.63, 3.8) is 0 Å². The molecule has 0 aliphatic rings. The predicted octanol–water partition coefficient (Wildman–Crippen LogP) is 1.80. The fourth-order valence-electron chi connectivity index (χ4n) is 2.61. The van der Waals surface area contributed by atoms with Crippen LogP contribution in [0.1, 0.15) is 17.3 Å². The summed E-state index contributed by atoms with van der Waals surface area (Å²) in [7, 11) is 0. The summed E-state index contributed by atoms with van der Waals surface area (Å²) in [6, 6.07) is 17.7. The zero-order valence-electron chi connectivity index (χ0n) is 14.2. The van der Waals surface area contributed by atoms with Crippen LogP contribution in [-0.4, -0.2) is 22.4 Å². The van der Waals surface area contributed by atoms with Crippen molar-refractivity contribution < 1.29 is 4.79 Å². The molecule has 4 N–H and O–H groups in total. The van der Waals surface area contributed by atoms with Gasteiger partial charge in [-0.1, -0.05) is 60.7 Å². The molecule has 1 heterocycles. The minimum absolute atomic E-state index is 0.249. The lowest BCUT2D eigenvalue weighted by atomic mass is 10.1. The zero-order chi connectivity index (χ0) is 18.4. The second kappa shape index (κ2) is 8.22. The van der Waals surface area contributed by atoms with Gasteiger partial charge >= 0.3 is 0 Å². The minimum atomic E-state index is -0.714. The summed E-state index contributed by atoms with van der Waals surface area (Å²) in [6.07, 6.45) is 2.08. The molecule has 26 heavy (non-hydrogen) atoms. The number of rotatable bonds is 6. The van der Waals surface area contributed by atoms with E-state index < -0.39 is 6.04 Å². The number of hydrogen-bond donors (Lipinski definition) is 3. The summed E-state index contributed by atoms with van der Waals surface area (Å²) < 4.78 is 0. The van der Waals surface area contributed by atoms with Gasteiger partial charge in [-0.15, -0.1) is 0 Å². The molecule has 1 atom stereocenters. The molecular formula is C20H20N4O2. The van der Waals surface area contributed by atoms with Crippen molar-refractivity contribution in [2.75, 3.05) is 6.54 Å². The molecule has 0 saturated carbocycles. The van der Waals surface area contributed by atoms with E-state index in [1.54, 1.807) is 6.20 Å². The Labute approximate surface area is 151 Å². The molecule has 0 aliphatic heterocycles. The van der Waals surface area contributed by atoms with Crippen LogP contribution in [0.25, 0.3) is 11.3 Å². The molecule has 0 saturated heterocycles. The van der Waals surface area contributed by atoms with E-state index in [0.717, 1.165) is 11.1 Å². The van der Waals surface area contributed by atoms with Crippen LogP contribution >= 0.6 is 0 Å². The number of carbonyl (C=O) groups excluding carboxylic acids is 1. The second-order valence-corrected chi connectivity index (χ2v) is 5.88. The molecule has 0 spiro atoms. The first-order valence-electron chi connectivity index (χ1n) is 8.37. The number of amides is 1. The molecule has 0 unspecified atom stereocenters. The van der Waals surface area contributed by atoms with Gasteiger partial charge in [0.1, 0.15) is 11.7 Å². The average molecular weight is 348 g/mol. The highest BCUT2D eigenvalue weighted by Gasteiger charge is 2.14. The van der Waals surface area contributed by atoms with E-state index in [1.807, 2.05) is 60.7 Å². The summed E-state index contributed by atoms with van der Waals surface area (Å²) in [5, 5.41) is 2.78. The first kappa shape index (κ1) is 17.6. The Morgan fingerprint density at radius 3 is 2.38 bits per heavy atom. The molecule has 1 amide bonds. The minimum Gasteiger partial charge on any atom is -0.354 e. The number of nitrogens with one attached hydrogen (secondary N) is 2. The third-order valence-electron chi connectivity index (χ3n) is 4.02. The maximum Gasteiger partial charge on any atom is 0.274 e. The van der Waals surface area contributed by atoms with Gasteiger partial charge in [0.25, 0.3) is 5.56 Å². The Kier molecular flexibility index (Phi) is 5.56. The molecule has 6 heteroatoms. The number of carbonyl (C=O) groups is 1. The average Bonchev–Trinajstić information content (AvgIpc) is 2.69. The van der Waals surface area contributed by atoms with Crippen LogP contribution in [0.15, 0.2) is 71.7 Å². The summed E-state index contributed by atoms with van der Waals surface area (Å²) in [5.74, 6) is -0.257. The Hall–Kier alpha value is -3.25. The lowest BCUT2D eigenvalue weighted by molar-refractivity contribution is -0.122. The summed E-state index contributed by atoms with van der Waals surface area (Å²) >= 11 is 0. The normalized spacial score (nSPS) is 11.7. The maximum absolute atomic E-state index is 12.2. The van der Waals surface area contributed by atoms with Crippen LogP contribution in [0.2, 0.25) is 0 Å². The fraction of sp³-hybridized carbons (Fsp3) is 0.150. The van der Waals surface area contributed by atoms with Crippen molar-refractivity contribution in [2.45, 2.75) is 12.5 Å². The maximum atomic E-state index is 12.2. The number of aromatic amines is 1. The Bertz CT molecular complexity index is 923. The first-order valence-corrected chi connectivity index (χ1v) is 8.37. The van der Waals surface area contributed by atoms with Crippen molar-refractivity contribution in [1.29, 1.82) is 0 Å². The van der Waals surface area contributed by atoms with Gasteiger partial charge < -0.3 is 16.0 Å². The lowest BCUT2D eigenvalue weighted by Gasteiger charge is -2.12.